The smallest absolute Gasteiger partial charge is 0.137 e. The first-order valence-electron chi connectivity index (χ1n) is 30.6. The van der Waals surface area contributed by atoms with Crippen molar-refractivity contribution >= 4 is 44.6 Å². The maximum atomic E-state index is 7.42. The van der Waals surface area contributed by atoms with Gasteiger partial charge in [0.05, 0.1) is 22.4 Å². The van der Waals surface area contributed by atoms with E-state index in [1.54, 1.807) is 0 Å². The Morgan fingerprint density at radius 2 is 0.965 bits per heavy atom. The molecule has 428 valence electrons. The summed E-state index contributed by atoms with van der Waals surface area (Å²) in [6, 6.07) is 78.7. The van der Waals surface area contributed by atoms with Crippen LogP contribution < -0.4 is 14.5 Å². The van der Waals surface area contributed by atoms with Crippen LogP contribution in [0.3, 0.4) is 0 Å². The quantitative estimate of drug-likeness (QED) is 0.115. The number of ether oxygens (including phenoxy) is 1. The molecule has 0 unspecified atom stereocenters. The molecule has 5 heteroatoms. The van der Waals surface area contributed by atoms with Crippen LogP contribution in [-0.4, -0.2) is 16.2 Å². The van der Waals surface area contributed by atoms with Crippen molar-refractivity contribution in [2.45, 2.75) is 130 Å². The molecule has 0 bridgehead atoms. The van der Waals surface area contributed by atoms with E-state index in [-0.39, 0.29) is 21.7 Å². The van der Waals surface area contributed by atoms with Gasteiger partial charge in [-0.15, -0.1) is 0 Å². The Hall–Kier alpha value is -8.67. The average Bonchev–Trinajstić information content (AvgIpc) is 1.81. The lowest BCUT2D eigenvalue weighted by Crippen LogP contribution is -2.24. The molecule has 0 radical (unpaired) electrons. The van der Waals surface area contributed by atoms with Crippen LogP contribution in [0.25, 0.3) is 49.9 Å². The summed E-state index contributed by atoms with van der Waals surface area (Å²) in [5, 5.41) is 2.31. The van der Waals surface area contributed by atoms with Crippen LogP contribution >= 0.6 is 0 Å². The fraction of sp³-hybridized carbons (Fsp3) is 0.263. The Kier molecular flexibility index (Phi) is 14.5. The molecule has 11 aromatic rings. The van der Waals surface area contributed by atoms with Crippen LogP contribution in [0.15, 0.2) is 219 Å². The zero-order valence-electron chi connectivity index (χ0n) is 52.3. The molecule has 0 amide bonds. The number of hydrogen-bond donors (Lipinski definition) is 0. The Morgan fingerprint density at radius 3 is 1.59 bits per heavy atom. The number of rotatable bonds is 13. The van der Waals surface area contributed by atoms with E-state index < -0.39 is 0 Å². The number of hydrogen-bond acceptors (Lipinski definition) is 4. The molecule has 2 aromatic heterocycles. The lowest BCUT2D eigenvalue weighted by Gasteiger charge is -2.27. The zero-order chi connectivity index (χ0) is 59.7. The number of nitrogens with zero attached hydrogens (tertiary/aromatic N) is 4. The molecule has 0 atom stereocenters. The van der Waals surface area contributed by atoms with E-state index in [1.807, 2.05) is 6.20 Å². The van der Waals surface area contributed by atoms with Gasteiger partial charge in [0.25, 0.3) is 0 Å². The molecule has 12 rings (SSSR count). The van der Waals surface area contributed by atoms with E-state index in [2.05, 4.69) is 324 Å². The van der Waals surface area contributed by atoms with Crippen molar-refractivity contribution in [3.8, 4) is 39.6 Å². The first-order chi connectivity index (χ1) is 40.5. The van der Waals surface area contributed by atoms with Gasteiger partial charge < -0.3 is 14.5 Å². The fourth-order valence-corrected chi connectivity index (χ4v) is 12.8. The second-order valence-electron chi connectivity index (χ2n) is 27.4. The normalized spacial score (nSPS) is 13.2. The number of benzene rings is 9. The highest BCUT2D eigenvalue weighted by Gasteiger charge is 2.33. The summed E-state index contributed by atoms with van der Waals surface area (Å²) in [5.74, 6) is 2.97. The largest absolute Gasteiger partial charge is 0.457 e. The van der Waals surface area contributed by atoms with Crippen molar-refractivity contribution in [3.05, 3.63) is 263 Å². The summed E-state index contributed by atoms with van der Waals surface area (Å²) < 4.78 is 9.76. The Labute approximate surface area is 505 Å². The molecule has 0 saturated carbocycles. The van der Waals surface area contributed by atoms with E-state index >= 15 is 0 Å². The predicted octanol–water partition coefficient (Wildman–Crippen LogP) is 22.0. The van der Waals surface area contributed by atoms with Crippen molar-refractivity contribution in [2.75, 3.05) is 16.5 Å². The van der Waals surface area contributed by atoms with E-state index in [1.165, 1.54) is 78.0 Å². The topological polar surface area (TPSA) is 33.5 Å². The summed E-state index contributed by atoms with van der Waals surface area (Å²) in [6.45, 7) is 33.0. The Morgan fingerprint density at radius 1 is 0.388 bits per heavy atom. The van der Waals surface area contributed by atoms with Gasteiger partial charge in [-0.2, -0.15) is 0 Å². The van der Waals surface area contributed by atoms with Gasteiger partial charge in [-0.05, 0) is 162 Å². The molecule has 1 aliphatic rings. The van der Waals surface area contributed by atoms with Gasteiger partial charge in [0.15, 0.2) is 0 Å². The second kappa shape index (κ2) is 21.8. The van der Waals surface area contributed by atoms with E-state index in [9.17, 15) is 0 Å². The molecular formula is C80H82N4O. The van der Waals surface area contributed by atoms with Crippen molar-refractivity contribution < 1.29 is 4.74 Å². The maximum Gasteiger partial charge on any atom is 0.137 e. The molecule has 3 heterocycles. The number of anilines is 4. The van der Waals surface area contributed by atoms with Crippen molar-refractivity contribution in [2.24, 2.45) is 0 Å². The summed E-state index contributed by atoms with van der Waals surface area (Å²) >= 11 is 0. The Bertz CT molecular complexity index is 4240. The number of pyridine rings is 1. The first kappa shape index (κ1) is 56.8. The van der Waals surface area contributed by atoms with Crippen LogP contribution in [-0.2, 0) is 21.7 Å². The summed E-state index contributed by atoms with van der Waals surface area (Å²) in [5.41, 5.74) is 21.1. The van der Waals surface area contributed by atoms with Crippen LogP contribution in [0.1, 0.15) is 153 Å². The zero-order valence-corrected chi connectivity index (χ0v) is 52.3. The third kappa shape index (κ3) is 10.7. The van der Waals surface area contributed by atoms with Gasteiger partial charge in [0.1, 0.15) is 24.0 Å². The van der Waals surface area contributed by atoms with Crippen molar-refractivity contribution in [1.29, 1.82) is 0 Å². The highest BCUT2D eigenvalue weighted by atomic mass is 16.5. The molecule has 0 fully saturated rings. The van der Waals surface area contributed by atoms with Gasteiger partial charge in [-0.25, -0.2) is 4.98 Å². The highest BCUT2D eigenvalue weighted by molar-refractivity contribution is 6.10. The molecule has 0 saturated heterocycles. The van der Waals surface area contributed by atoms with Crippen LogP contribution in [0.5, 0.6) is 11.5 Å². The molecule has 85 heavy (non-hydrogen) atoms. The molecule has 0 N–H and O–H groups in total. The van der Waals surface area contributed by atoms with Crippen LogP contribution in [0.2, 0.25) is 0 Å². The van der Waals surface area contributed by atoms with E-state index in [0.717, 1.165) is 50.7 Å². The van der Waals surface area contributed by atoms with E-state index in [0.29, 0.717) is 18.5 Å². The van der Waals surface area contributed by atoms with Gasteiger partial charge in [0, 0.05) is 51.3 Å². The maximum absolute atomic E-state index is 7.42. The summed E-state index contributed by atoms with van der Waals surface area (Å²) in [4.78, 5) is 10.2. The third-order valence-electron chi connectivity index (χ3n) is 18.2. The third-order valence-corrected chi connectivity index (χ3v) is 18.2. The fourth-order valence-electron chi connectivity index (χ4n) is 12.8. The molecule has 9 aromatic carbocycles. The Balaban J connectivity index is 1.04. The monoisotopic (exact) mass is 1110 g/mol. The average molecular weight is 1120 g/mol. The highest BCUT2D eigenvalue weighted by Crippen LogP contribution is 2.50. The lowest BCUT2D eigenvalue weighted by molar-refractivity contribution is 0.483. The SMILES string of the molecule is CC(C)c1cccc(C(C)C)c1-c1cc(Oc2ccc3c4cc(C(C)(C)c5ccccc5)ccc4n(-c4cc(C(C)(C)c5ccccc5)ccn4)c3c2)cc(N2CN(c3cc(-c4ccccc4)cc(C(C)(C)C)c3)c3cc(C(C)(C)C)ccc32)c1. The standard InChI is InChI=1S/C80H82N4O/c1-52(2)67-31-24-32-68(53(3)4)76(67)56-43-64(82-51-83(74-47-59(77(5,6)7)33-38-72(74)82)63-42-55(54-25-18-15-19-26-54)41-62(45-63)78(8,9)10)49-66(44-56)85-65-35-36-69-70-46-60(79(11,12)57-27-20-16-21-28-57)34-37-71(70)84(73(69)50-65)75-48-61(39-40-81-75)80(13,14)58-29-22-17-23-30-58/h15-50,52-53H,51H2,1-14H3. The first-order valence-corrected chi connectivity index (χ1v) is 30.6. The van der Waals surface area contributed by atoms with Crippen molar-refractivity contribution in [1.82, 2.24) is 9.55 Å². The lowest BCUT2D eigenvalue weighted by atomic mass is 9.78. The van der Waals surface area contributed by atoms with Gasteiger partial charge in [-0.3, -0.25) is 4.57 Å². The molecule has 0 spiro atoms. The van der Waals surface area contributed by atoms with Gasteiger partial charge >= 0.3 is 0 Å². The summed E-state index contributed by atoms with van der Waals surface area (Å²) in [6.07, 6.45) is 1.97. The minimum Gasteiger partial charge on any atom is -0.457 e. The van der Waals surface area contributed by atoms with Crippen LogP contribution in [0, 0.1) is 0 Å². The number of fused-ring (bicyclic) bond motifs is 4. The van der Waals surface area contributed by atoms with Gasteiger partial charge in [0.2, 0.25) is 0 Å². The van der Waals surface area contributed by atoms with Crippen LogP contribution in [0.4, 0.5) is 22.7 Å². The summed E-state index contributed by atoms with van der Waals surface area (Å²) in [7, 11) is 0. The van der Waals surface area contributed by atoms with E-state index in [4.69, 9.17) is 9.72 Å². The minimum absolute atomic E-state index is 0.0588. The van der Waals surface area contributed by atoms with Crippen molar-refractivity contribution in [3.63, 3.8) is 0 Å². The molecule has 1 aliphatic heterocycles. The predicted molar refractivity (Wildman–Crippen MR) is 361 cm³/mol. The molecule has 0 aliphatic carbocycles. The number of aromatic nitrogens is 2. The molecular weight excluding hydrogens is 1030 g/mol. The second-order valence-corrected chi connectivity index (χ2v) is 27.4. The minimum atomic E-state index is -0.269. The van der Waals surface area contributed by atoms with Gasteiger partial charge in [-0.1, -0.05) is 224 Å². The molecule has 5 nitrogen and oxygen atoms in total.